The summed E-state index contributed by atoms with van der Waals surface area (Å²) < 4.78 is 12.1. The minimum Gasteiger partial charge on any atom is -0.357 e. The van der Waals surface area contributed by atoms with E-state index in [-0.39, 0.29) is 24.0 Å². The Balaban J connectivity index is 0.00000364. The lowest BCUT2D eigenvalue weighted by atomic mass is 9.95. The van der Waals surface area contributed by atoms with Crippen molar-refractivity contribution in [3.63, 3.8) is 0 Å². The van der Waals surface area contributed by atoms with Gasteiger partial charge in [0, 0.05) is 40.9 Å². The number of likely N-dealkylation sites (tertiary alicyclic amines) is 1. The molecule has 3 unspecified atom stereocenters. The van der Waals surface area contributed by atoms with Gasteiger partial charge in [-0.05, 0) is 65.1 Å². The molecule has 1 saturated heterocycles. The molecule has 1 heterocycles. The van der Waals surface area contributed by atoms with E-state index in [1.54, 1.807) is 0 Å². The van der Waals surface area contributed by atoms with Crippen molar-refractivity contribution in [3.8, 4) is 0 Å². The molecule has 1 aliphatic carbocycles. The maximum Gasteiger partial charge on any atom is 0.191 e. The second-order valence-corrected chi connectivity index (χ2v) is 9.67. The van der Waals surface area contributed by atoms with Crippen molar-refractivity contribution in [3.05, 3.63) is 0 Å². The van der Waals surface area contributed by atoms with Crippen molar-refractivity contribution in [1.29, 1.82) is 0 Å². The van der Waals surface area contributed by atoms with E-state index in [1.807, 2.05) is 6.92 Å². The summed E-state index contributed by atoms with van der Waals surface area (Å²) in [6.45, 7) is 9.61. The molecule has 2 rings (SSSR count). The molecular weight excluding hydrogens is 471 g/mol. The molecule has 2 fully saturated rings. The summed E-state index contributed by atoms with van der Waals surface area (Å²) in [5, 5.41) is 7.35. The molecule has 0 aromatic rings. The predicted molar refractivity (Wildman–Crippen MR) is 129 cm³/mol. The lowest BCUT2D eigenvalue weighted by Gasteiger charge is -2.30. The second kappa shape index (κ2) is 15.0. The van der Waals surface area contributed by atoms with Gasteiger partial charge < -0.3 is 15.5 Å². The molecule has 0 aromatic heterocycles. The number of hydrogen-bond donors (Lipinski definition) is 2. The van der Waals surface area contributed by atoms with Gasteiger partial charge in [0.1, 0.15) is 0 Å². The van der Waals surface area contributed by atoms with Crippen molar-refractivity contribution in [2.24, 2.45) is 4.99 Å². The number of nitrogens with one attached hydrogen (secondary N) is 2. The van der Waals surface area contributed by atoms with E-state index < -0.39 is 10.8 Å². The fourth-order valence-electron chi connectivity index (χ4n) is 4.11. The Morgan fingerprint density at radius 2 is 1.85 bits per heavy atom. The largest absolute Gasteiger partial charge is 0.357 e. The monoisotopic (exact) mass is 512 g/mol. The minimum atomic E-state index is -0.670. The van der Waals surface area contributed by atoms with Crippen LogP contribution >= 0.6 is 24.0 Å². The van der Waals surface area contributed by atoms with Crippen LogP contribution in [0, 0.1) is 0 Å². The molecule has 0 spiro atoms. The second-order valence-electron chi connectivity index (χ2n) is 7.67. The molecule has 27 heavy (non-hydrogen) atoms. The van der Waals surface area contributed by atoms with Crippen LogP contribution in [-0.2, 0) is 10.8 Å². The van der Waals surface area contributed by atoms with E-state index in [2.05, 4.69) is 22.5 Å². The van der Waals surface area contributed by atoms with E-state index in [4.69, 9.17) is 4.99 Å². The summed E-state index contributed by atoms with van der Waals surface area (Å²) in [6, 6.07) is 0.410. The smallest absolute Gasteiger partial charge is 0.191 e. The highest BCUT2D eigenvalue weighted by Gasteiger charge is 2.26. The first-order chi connectivity index (χ1) is 12.7. The first-order valence-electron chi connectivity index (χ1n) is 10.9. The highest BCUT2D eigenvalue weighted by Crippen LogP contribution is 2.23. The molecule has 0 amide bonds. The topological polar surface area (TPSA) is 56.7 Å². The number of halogens is 1. The van der Waals surface area contributed by atoms with Gasteiger partial charge in [0.2, 0.25) is 0 Å². The summed E-state index contributed by atoms with van der Waals surface area (Å²) in [4.78, 5) is 7.40. The van der Waals surface area contributed by atoms with Crippen LogP contribution in [0.15, 0.2) is 4.99 Å². The van der Waals surface area contributed by atoms with Crippen LogP contribution in [0.25, 0.3) is 0 Å². The fraction of sp³-hybridized carbons (Fsp3) is 0.950. The standard InChI is InChI=1S/C20H40N4OS.HI/c1-3-21-20(22-13-10-16-24-14-7-5-6-8-15-24)23-18-11-9-12-19(17-18)26(25)4-2;/h18-19H,3-17H2,1-2H3,(H2,21,22,23);1H. The summed E-state index contributed by atoms with van der Waals surface area (Å²) in [7, 11) is -0.670. The van der Waals surface area contributed by atoms with Gasteiger partial charge in [0.15, 0.2) is 5.96 Å². The third-order valence-corrected chi connectivity index (χ3v) is 7.31. The first-order valence-corrected chi connectivity index (χ1v) is 12.3. The van der Waals surface area contributed by atoms with Gasteiger partial charge in [-0.3, -0.25) is 9.20 Å². The number of nitrogens with zero attached hydrogens (tertiary/aromatic N) is 2. The summed E-state index contributed by atoms with van der Waals surface area (Å²) >= 11 is 0. The van der Waals surface area contributed by atoms with Gasteiger partial charge >= 0.3 is 0 Å². The Bertz CT molecular complexity index is 442. The number of aliphatic imine (C=N–C) groups is 1. The Morgan fingerprint density at radius 3 is 2.52 bits per heavy atom. The van der Waals surface area contributed by atoms with Crippen molar-refractivity contribution < 1.29 is 4.21 Å². The number of guanidine groups is 1. The van der Waals surface area contributed by atoms with Crippen LogP contribution < -0.4 is 10.6 Å². The average molecular weight is 513 g/mol. The molecule has 0 aromatic carbocycles. The molecule has 0 radical (unpaired) electrons. The van der Waals surface area contributed by atoms with Crippen LogP contribution in [0.1, 0.15) is 71.6 Å². The molecule has 1 aliphatic heterocycles. The molecular formula is C20H41IN4OS. The predicted octanol–water partition coefficient (Wildman–Crippen LogP) is 3.51. The lowest BCUT2D eigenvalue weighted by molar-refractivity contribution is 0.283. The summed E-state index contributed by atoms with van der Waals surface area (Å²) in [5.41, 5.74) is 0. The number of rotatable bonds is 8. The minimum absolute atomic E-state index is 0. The zero-order valence-corrected chi connectivity index (χ0v) is 20.5. The highest BCUT2D eigenvalue weighted by atomic mass is 127. The lowest BCUT2D eigenvalue weighted by Crippen LogP contribution is -2.46. The Hall–Kier alpha value is 0.110. The third-order valence-electron chi connectivity index (χ3n) is 5.57. The van der Waals surface area contributed by atoms with Gasteiger partial charge in [-0.1, -0.05) is 26.2 Å². The highest BCUT2D eigenvalue weighted by molar-refractivity contribution is 14.0. The van der Waals surface area contributed by atoms with Gasteiger partial charge in [0.05, 0.1) is 0 Å². The van der Waals surface area contributed by atoms with Crippen molar-refractivity contribution in [1.82, 2.24) is 15.5 Å². The van der Waals surface area contributed by atoms with Crippen molar-refractivity contribution in [2.75, 3.05) is 38.5 Å². The molecule has 160 valence electrons. The maximum atomic E-state index is 12.1. The van der Waals surface area contributed by atoms with Gasteiger partial charge in [-0.25, -0.2) is 0 Å². The molecule has 2 N–H and O–H groups in total. The van der Waals surface area contributed by atoms with Crippen LogP contribution in [-0.4, -0.2) is 64.8 Å². The molecule has 1 saturated carbocycles. The normalized spacial score (nSPS) is 25.9. The van der Waals surface area contributed by atoms with Gasteiger partial charge in [-0.2, -0.15) is 0 Å². The zero-order valence-electron chi connectivity index (χ0n) is 17.4. The molecule has 5 nitrogen and oxygen atoms in total. The van der Waals surface area contributed by atoms with E-state index in [1.165, 1.54) is 51.7 Å². The van der Waals surface area contributed by atoms with Crippen molar-refractivity contribution >= 4 is 40.7 Å². The molecule has 3 atom stereocenters. The van der Waals surface area contributed by atoms with Crippen LogP contribution in [0.2, 0.25) is 0 Å². The molecule has 0 bridgehead atoms. The van der Waals surface area contributed by atoms with E-state index in [9.17, 15) is 4.21 Å². The van der Waals surface area contributed by atoms with Crippen LogP contribution in [0.3, 0.4) is 0 Å². The van der Waals surface area contributed by atoms with Gasteiger partial charge in [-0.15, -0.1) is 24.0 Å². The Labute approximate surface area is 186 Å². The quantitative estimate of drug-likeness (QED) is 0.226. The Kier molecular flexibility index (Phi) is 14.0. The molecule has 7 heteroatoms. The average Bonchev–Trinajstić information content (AvgIpc) is 2.93. The van der Waals surface area contributed by atoms with E-state index >= 15 is 0 Å². The Morgan fingerprint density at radius 1 is 1.11 bits per heavy atom. The van der Waals surface area contributed by atoms with Crippen LogP contribution in [0.5, 0.6) is 0 Å². The third kappa shape index (κ3) is 9.92. The van der Waals surface area contributed by atoms with Gasteiger partial charge in [0.25, 0.3) is 0 Å². The van der Waals surface area contributed by atoms with Crippen molar-refractivity contribution in [2.45, 2.75) is 82.9 Å². The van der Waals surface area contributed by atoms with E-state index in [0.717, 1.165) is 50.5 Å². The van der Waals surface area contributed by atoms with E-state index in [0.29, 0.717) is 11.3 Å². The maximum absolute atomic E-state index is 12.1. The number of hydrogen-bond acceptors (Lipinski definition) is 3. The SMILES string of the molecule is CCNC(=NCCCN1CCCCCC1)NC1CCCC(S(=O)CC)C1.I. The zero-order chi connectivity index (χ0) is 18.6. The summed E-state index contributed by atoms with van der Waals surface area (Å²) in [6.07, 6.45) is 11.1. The van der Waals surface area contributed by atoms with Crippen LogP contribution in [0.4, 0.5) is 0 Å². The summed E-state index contributed by atoms with van der Waals surface area (Å²) in [5.74, 6) is 1.72. The molecule has 2 aliphatic rings. The fourth-order valence-corrected chi connectivity index (χ4v) is 5.46. The first kappa shape index (κ1) is 25.1.